The number of hydrogen-bond donors (Lipinski definition) is 1. The summed E-state index contributed by atoms with van der Waals surface area (Å²) < 4.78 is 10.2. The summed E-state index contributed by atoms with van der Waals surface area (Å²) in [5.41, 5.74) is 4.09. The van der Waals surface area contributed by atoms with Crippen LogP contribution in [0, 0.1) is 0 Å². The van der Waals surface area contributed by atoms with Crippen LogP contribution >= 0.6 is 0 Å². The maximum absolute atomic E-state index is 11.7. The lowest BCUT2D eigenvalue weighted by Crippen LogP contribution is -2.32. The molecule has 0 saturated carbocycles. The fourth-order valence-electron chi connectivity index (χ4n) is 2.21. The molecule has 1 N–H and O–H groups in total. The summed E-state index contributed by atoms with van der Waals surface area (Å²) in [7, 11) is 0. The molecule has 1 atom stereocenters. The molecule has 6 nitrogen and oxygen atoms in total. The van der Waals surface area contributed by atoms with Gasteiger partial charge in [-0.1, -0.05) is 24.3 Å². The third kappa shape index (κ3) is 7.32. The third-order valence-electron chi connectivity index (χ3n) is 3.49. The summed E-state index contributed by atoms with van der Waals surface area (Å²) in [5.74, 6) is -0.717. The molecule has 0 aromatic heterocycles. The minimum atomic E-state index is -0.370. The van der Waals surface area contributed by atoms with Crippen LogP contribution in [0.25, 0.3) is 12.2 Å². The molecule has 25 heavy (non-hydrogen) atoms. The van der Waals surface area contributed by atoms with Crippen molar-refractivity contribution >= 4 is 24.0 Å². The highest BCUT2D eigenvalue weighted by atomic mass is 16.8. The third-order valence-corrected chi connectivity index (χ3v) is 3.49. The Balaban J connectivity index is 1.78. The van der Waals surface area contributed by atoms with Crippen molar-refractivity contribution in [1.82, 2.24) is 5.48 Å². The van der Waals surface area contributed by atoms with Crippen molar-refractivity contribution in [1.29, 1.82) is 0 Å². The fourth-order valence-corrected chi connectivity index (χ4v) is 2.21. The van der Waals surface area contributed by atoms with Crippen LogP contribution in [0.1, 0.15) is 37.3 Å². The summed E-state index contributed by atoms with van der Waals surface area (Å²) in [4.78, 5) is 28.2. The smallest absolute Gasteiger partial charge is 0.330 e. The molecule has 1 aliphatic heterocycles. The number of carbonyl (C=O) groups is 2. The molecular formula is C19H23NO5. The second kappa shape index (κ2) is 10.4. The minimum absolute atomic E-state index is 0.347. The molecule has 1 heterocycles. The van der Waals surface area contributed by atoms with Gasteiger partial charge in [-0.05, 0) is 43.0 Å². The molecule has 2 rings (SSSR count). The van der Waals surface area contributed by atoms with Gasteiger partial charge in [-0.3, -0.25) is 4.79 Å². The SMILES string of the molecule is CCOC(=O)/C=C/c1ccc(/C=C/C(=O)NOC2CCCCO2)cc1. The van der Waals surface area contributed by atoms with Crippen LogP contribution < -0.4 is 5.48 Å². The van der Waals surface area contributed by atoms with E-state index in [1.807, 2.05) is 24.3 Å². The van der Waals surface area contributed by atoms with Gasteiger partial charge in [0.25, 0.3) is 5.91 Å². The number of ether oxygens (including phenoxy) is 2. The number of carbonyl (C=O) groups excluding carboxylic acids is 2. The zero-order valence-electron chi connectivity index (χ0n) is 14.3. The molecule has 6 heteroatoms. The average Bonchev–Trinajstić information content (AvgIpc) is 2.65. The summed E-state index contributed by atoms with van der Waals surface area (Å²) in [6.45, 7) is 2.77. The largest absolute Gasteiger partial charge is 0.463 e. The second-order valence-corrected chi connectivity index (χ2v) is 5.47. The first-order chi connectivity index (χ1) is 12.2. The minimum Gasteiger partial charge on any atom is -0.463 e. The van der Waals surface area contributed by atoms with Crippen LogP contribution in [-0.4, -0.2) is 31.4 Å². The molecule has 1 amide bonds. The van der Waals surface area contributed by atoms with E-state index in [-0.39, 0.29) is 18.2 Å². The van der Waals surface area contributed by atoms with Gasteiger partial charge in [0.2, 0.25) is 0 Å². The fraction of sp³-hybridized carbons (Fsp3) is 0.368. The molecule has 1 unspecified atom stereocenters. The molecule has 0 radical (unpaired) electrons. The van der Waals surface area contributed by atoms with Crippen LogP contribution in [0.2, 0.25) is 0 Å². The first-order valence-electron chi connectivity index (χ1n) is 8.37. The molecule has 0 bridgehead atoms. The van der Waals surface area contributed by atoms with Crippen molar-refractivity contribution in [2.75, 3.05) is 13.2 Å². The summed E-state index contributed by atoms with van der Waals surface area (Å²) in [6, 6.07) is 7.39. The van der Waals surface area contributed by atoms with E-state index in [0.717, 1.165) is 30.4 Å². The van der Waals surface area contributed by atoms with Gasteiger partial charge >= 0.3 is 5.97 Å². The Bertz CT molecular complexity index is 615. The van der Waals surface area contributed by atoms with Crippen molar-refractivity contribution in [2.45, 2.75) is 32.5 Å². The van der Waals surface area contributed by atoms with E-state index in [9.17, 15) is 9.59 Å². The average molecular weight is 345 g/mol. The number of rotatable bonds is 7. The van der Waals surface area contributed by atoms with Crippen molar-refractivity contribution in [3.05, 3.63) is 47.5 Å². The lowest BCUT2D eigenvalue weighted by atomic mass is 10.1. The zero-order valence-corrected chi connectivity index (χ0v) is 14.3. The Hall–Kier alpha value is -2.44. The number of hydroxylamine groups is 1. The highest BCUT2D eigenvalue weighted by Gasteiger charge is 2.14. The van der Waals surface area contributed by atoms with Crippen molar-refractivity contribution in [3.63, 3.8) is 0 Å². The quantitative estimate of drug-likeness (QED) is 0.467. The Labute approximate surface area is 147 Å². The van der Waals surface area contributed by atoms with Gasteiger partial charge < -0.3 is 9.47 Å². The van der Waals surface area contributed by atoms with Gasteiger partial charge in [0.1, 0.15) is 0 Å². The number of benzene rings is 1. The first kappa shape index (κ1) is 18.9. The molecular weight excluding hydrogens is 322 g/mol. The highest BCUT2D eigenvalue weighted by Crippen LogP contribution is 2.12. The summed E-state index contributed by atoms with van der Waals surface area (Å²) in [6.07, 6.45) is 8.61. The predicted octanol–water partition coefficient (Wildman–Crippen LogP) is 2.85. The van der Waals surface area contributed by atoms with Crippen LogP contribution in [-0.2, 0) is 23.9 Å². The number of hydrogen-bond acceptors (Lipinski definition) is 5. The monoisotopic (exact) mass is 345 g/mol. The van der Waals surface area contributed by atoms with Gasteiger partial charge in [-0.15, -0.1) is 0 Å². The van der Waals surface area contributed by atoms with Gasteiger partial charge in [-0.2, -0.15) is 0 Å². The van der Waals surface area contributed by atoms with E-state index >= 15 is 0 Å². The normalized spacial score (nSPS) is 17.7. The van der Waals surface area contributed by atoms with Crippen LogP contribution in [0.4, 0.5) is 0 Å². The molecule has 134 valence electrons. The van der Waals surface area contributed by atoms with Gasteiger partial charge in [-0.25, -0.2) is 15.1 Å². The Morgan fingerprint density at radius 3 is 2.44 bits per heavy atom. The van der Waals surface area contributed by atoms with E-state index < -0.39 is 0 Å². The van der Waals surface area contributed by atoms with E-state index in [0.29, 0.717) is 13.2 Å². The molecule has 0 spiro atoms. The van der Waals surface area contributed by atoms with E-state index in [4.69, 9.17) is 14.3 Å². The molecule has 1 aromatic carbocycles. The maximum atomic E-state index is 11.7. The number of amides is 1. The Kier molecular flexibility index (Phi) is 7.88. The Morgan fingerprint density at radius 1 is 1.16 bits per heavy atom. The van der Waals surface area contributed by atoms with Crippen LogP contribution in [0.15, 0.2) is 36.4 Å². The first-order valence-corrected chi connectivity index (χ1v) is 8.37. The summed E-state index contributed by atoms with van der Waals surface area (Å²) >= 11 is 0. The molecule has 1 aliphatic rings. The number of esters is 1. The van der Waals surface area contributed by atoms with E-state index in [2.05, 4.69) is 5.48 Å². The maximum Gasteiger partial charge on any atom is 0.330 e. The van der Waals surface area contributed by atoms with Gasteiger partial charge in [0.05, 0.1) is 6.61 Å². The van der Waals surface area contributed by atoms with Crippen molar-refractivity contribution < 1.29 is 23.9 Å². The van der Waals surface area contributed by atoms with Crippen LogP contribution in [0.5, 0.6) is 0 Å². The van der Waals surface area contributed by atoms with Crippen molar-refractivity contribution in [2.24, 2.45) is 0 Å². The molecule has 1 aromatic rings. The number of nitrogens with one attached hydrogen (secondary N) is 1. The predicted molar refractivity (Wildman–Crippen MR) is 94.0 cm³/mol. The van der Waals surface area contributed by atoms with Crippen molar-refractivity contribution in [3.8, 4) is 0 Å². The zero-order chi connectivity index (χ0) is 17.9. The molecule has 1 fully saturated rings. The van der Waals surface area contributed by atoms with Crippen LogP contribution in [0.3, 0.4) is 0 Å². The lowest BCUT2D eigenvalue weighted by Gasteiger charge is -2.21. The highest BCUT2D eigenvalue weighted by molar-refractivity contribution is 5.91. The summed E-state index contributed by atoms with van der Waals surface area (Å²) in [5, 5.41) is 0. The van der Waals surface area contributed by atoms with E-state index in [1.54, 1.807) is 19.1 Å². The van der Waals surface area contributed by atoms with Gasteiger partial charge in [0.15, 0.2) is 6.29 Å². The molecule has 1 saturated heterocycles. The van der Waals surface area contributed by atoms with Gasteiger partial charge in [0, 0.05) is 25.2 Å². The topological polar surface area (TPSA) is 73.9 Å². The second-order valence-electron chi connectivity index (χ2n) is 5.47. The lowest BCUT2D eigenvalue weighted by molar-refractivity contribution is -0.198. The standard InChI is InChI=1S/C19H23NO5/c1-2-23-18(22)13-11-16-8-6-15(7-9-16)10-12-17(21)20-25-19-5-3-4-14-24-19/h6-13,19H,2-5,14H2,1H3,(H,20,21)/b12-10+,13-11+. The van der Waals surface area contributed by atoms with E-state index in [1.165, 1.54) is 12.2 Å². The molecule has 0 aliphatic carbocycles. The Morgan fingerprint density at radius 2 is 1.84 bits per heavy atom.